The van der Waals surface area contributed by atoms with Crippen molar-refractivity contribution in [3.63, 3.8) is 0 Å². The summed E-state index contributed by atoms with van der Waals surface area (Å²) >= 11 is 0. The van der Waals surface area contributed by atoms with Crippen molar-refractivity contribution >= 4 is 5.97 Å². The lowest BCUT2D eigenvalue weighted by Gasteiger charge is -1.92. The number of aromatic amines is 3. The fourth-order valence-corrected chi connectivity index (χ4v) is 1.26. The van der Waals surface area contributed by atoms with Crippen molar-refractivity contribution in [1.82, 2.24) is 15.2 Å². The first-order valence-corrected chi connectivity index (χ1v) is 3.87. The molecule has 0 aliphatic heterocycles. The molecule has 4 N–H and O–H groups in total. The fourth-order valence-electron chi connectivity index (χ4n) is 1.26. The average molecular weight is 193 g/mol. The number of nitrogens with one attached hydrogen (secondary N) is 3. The Labute approximate surface area is 77.6 Å². The highest BCUT2D eigenvalue weighted by atomic mass is 16.4. The molecule has 0 radical (unpaired) electrons. The monoisotopic (exact) mass is 193 g/mol. The SMILES string of the molecule is O=C(O)c1c(-c2cc[nH]c2)[nH][nH]c1=O. The average Bonchev–Trinajstić information content (AvgIpc) is 2.70. The maximum absolute atomic E-state index is 11.1. The zero-order chi connectivity index (χ0) is 10.1. The van der Waals surface area contributed by atoms with Crippen LogP contribution in [0.5, 0.6) is 0 Å². The van der Waals surface area contributed by atoms with E-state index in [0.717, 1.165) is 0 Å². The van der Waals surface area contributed by atoms with E-state index < -0.39 is 11.5 Å². The highest BCUT2D eigenvalue weighted by molar-refractivity contribution is 5.94. The Kier molecular flexibility index (Phi) is 1.74. The molecule has 0 aliphatic carbocycles. The number of H-pyrrole nitrogens is 3. The first-order chi connectivity index (χ1) is 6.70. The second-order valence-corrected chi connectivity index (χ2v) is 2.73. The van der Waals surface area contributed by atoms with Crippen LogP contribution in [-0.2, 0) is 0 Å². The van der Waals surface area contributed by atoms with Crippen molar-refractivity contribution in [2.75, 3.05) is 0 Å². The Morgan fingerprint density at radius 2 is 2.14 bits per heavy atom. The fraction of sp³-hybridized carbons (Fsp3) is 0. The summed E-state index contributed by atoms with van der Waals surface area (Å²) in [5.74, 6) is -1.25. The van der Waals surface area contributed by atoms with Gasteiger partial charge < -0.3 is 10.1 Å². The lowest BCUT2D eigenvalue weighted by Crippen LogP contribution is -2.12. The van der Waals surface area contributed by atoms with Gasteiger partial charge in [0.25, 0.3) is 5.56 Å². The van der Waals surface area contributed by atoms with Crippen molar-refractivity contribution in [3.05, 3.63) is 34.4 Å². The Hall–Kier alpha value is -2.24. The molecule has 0 spiro atoms. The van der Waals surface area contributed by atoms with Gasteiger partial charge in [-0.3, -0.25) is 15.0 Å². The molecule has 2 heterocycles. The van der Waals surface area contributed by atoms with Gasteiger partial charge in [-0.2, -0.15) is 0 Å². The summed E-state index contributed by atoms with van der Waals surface area (Å²) in [6.07, 6.45) is 3.25. The topological polar surface area (TPSA) is 102 Å². The third-order valence-electron chi connectivity index (χ3n) is 1.88. The zero-order valence-electron chi connectivity index (χ0n) is 7.00. The van der Waals surface area contributed by atoms with Crippen LogP contribution >= 0.6 is 0 Å². The molecule has 2 aromatic rings. The molecular formula is C8H7N3O3. The summed E-state index contributed by atoms with van der Waals surface area (Å²) in [6, 6.07) is 1.67. The minimum Gasteiger partial charge on any atom is -0.477 e. The maximum Gasteiger partial charge on any atom is 0.343 e. The van der Waals surface area contributed by atoms with Gasteiger partial charge in [0, 0.05) is 18.0 Å². The van der Waals surface area contributed by atoms with E-state index in [-0.39, 0.29) is 11.3 Å². The Balaban J connectivity index is 2.66. The molecule has 0 saturated heterocycles. The predicted octanol–water partition coefficient (Wildman–Crippen LogP) is 0.396. The van der Waals surface area contributed by atoms with Gasteiger partial charge in [0.15, 0.2) is 5.56 Å². The molecule has 6 nitrogen and oxygen atoms in total. The Morgan fingerprint density at radius 3 is 2.71 bits per heavy atom. The Bertz CT molecular complexity index is 506. The minimum absolute atomic E-state index is 0.274. The van der Waals surface area contributed by atoms with Gasteiger partial charge in [-0.25, -0.2) is 4.79 Å². The van der Waals surface area contributed by atoms with E-state index in [2.05, 4.69) is 15.2 Å². The van der Waals surface area contributed by atoms with Crippen LogP contribution in [0.25, 0.3) is 11.3 Å². The molecule has 0 atom stereocenters. The normalized spacial score (nSPS) is 10.3. The molecule has 2 rings (SSSR count). The van der Waals surface area contributed by atoms with Crippen molar-refractivity contribution in [3.8, 4) is 11.3 Å². The van der Waals surface area contributed by atoms with Crippen molar-refractivity contribution in [2.24, 2.45) is 0 Å². The molecule has 0 fully saturated rings. The largest absolute Gasteiger partial charge is 0.477 e. The van der Waals surface area contributed by atoms with E-state index >= 15 is 0 Å². The van der Waals surface area contributed by atoms with E-state index in [1.807, 2.05) is 0 Å². The van der Waals surface area contributed by atoms with E-state index in [1.54, 1.807) is 18.5 Å². The number of aromatic carboxylic acids is 1. The van der Waals surface area contributed by atoms with Crippen LogP contribution in [0.2, 0.25) is 0 Å². The first kappa shape index (κ1) is 8.36. The van der Waals surface area contributed by atoms with Crippen LogP contribution in [0.1, 0.15) is 10.4 Å². The van der Waals surface area contributed by atoms with Gasteiger partial charge in [0.1, 0.15) is 0 Å². The highest BCUT2D eigenvalue weighted by Crippen LogP contribution is 2.17. The van der Waals surface area contributed by atoms with Gasteiger partial charge in [0.05, 0.1) is 5.69 Å². The molecule has 0 aromatic carbocycles. The summed E-state index contributed by atoms with van der Waals surface area (Å²) in [5.41, 5.74) is 0.00259. The standard InChI is InChI=1S/C8H7N3O3/c12-7-5(8(13)14)6(10-11-7)4-1-2-9-3-4/h1-3,9H,(H,13,14)(H2,10,11,12). The molecule has 14 heavy (non-hydrogen) atoms. The van der Waals surface area contributed by atoms with Crippen LogP contribution in [0.3, 0.4) is 0 Å². The van der Waals surface area contributed by atoms with Gasteiger partial charge >= 0.3 is 5.97 Å². The third kappa shape index (κ3) is 1.13. The molecular weight excluding hydrogens is 186 g/mol. The Morgan fingerprint density at radius 1 is 1.36 bits per heavy atom. The molecule has 0 saturated carbocycles. The second-order valence-electron chi connectivity index (χ2n) is 2.73. The summed E-state index contributed by atoms with van der Waals surface area (Å²) in [7, 11) is 0. The highest BCUT2D eigenvalue weighted by Gasteiger charge is 2.18. The number of aromatic nitrogens is 3. The third-order valence-corrected chi connectivity index (χ3v) is 1.88. The predicted molar refractivity (Wildman–Crippen MR) is 48.2 cm³/mol. The minimum atomic E-state index is -1.25. The number of rotatable bonds is 2. The molecule has 0 unspecified atom stereocenters. The van der Waals surface area contributed by atoms with Gasteiger partial charge in [-0.05, 0) is 6.07 Å². The van der Waals surface area contributed by atoms with Crippen molar-refractivity contribution < 1.29 is 9.90 Å². The summed E-state index contributed by atoms with van der Waals surface area (Å²) in [5, 5.41) is 13.5. The van der Waals surface area contributed by atoms with Crippen LogP contribution < -0.4 is 5.56 Å². The zero-order valence-corrected chi connectivity index (χ0v) is 7.00. The first-order valence-electron chi connectivity index (χ1n) is 3.87. The lowest BCUT2D eigenvalue weighted by molar-refractivity contribution is 0.0696. The van der Waals surface area contributed by atoms with Crippen LogP contribution in [0, 0.1) is 0 Å². The van der Waals surface area contributed by atoms with E-state index in [4.69, 9.17) is 5.11 Å². The molecule has 72 valence electrons. The number of hydrogen-bond acceptors (Lipinski definition) is 2. The van der Waals surface area contributed by atoms with Crippen molar-refractivity contribution in [1.29, 1.82) is 0 Å². The van der Waals surface area contributed by atoms with Gasteiger partial charge in [-0.1, -0.05) is 0 Å². The molecule has 0 bridgehead atoms. The summed E-state index contributed by atoms with van der Waals surface area (Å²) in [4.78, 5) is 24.6. The van der Waals surface area contributed by atoms with Gasteiger partial charge in [-0.15, -0.1) is 0 Å². The maximum atomic E-state index is 11.1. The summed E-state index contributed by atoms with van der Waals surface area (Å²) < 4.78 is 0. The molecule has 6 heteroatoms. The number of hydrogen-bond donors (Lipinski definition) is 4. The van der Waals surface area contributed by atoms with Crippen LogP contribution in [0.4, 0.5) is 0 Å². The summed E-state index contributed by atoms with van der Waals surface area (Å²) in [6.45, 7) is 0. The number of carboxylic acid groups (broad SMARTS) is 1. The lowest BCUT2D eigenvalue weighted by atomic mass is 10.1. The van der Waals surface area contributed by atoms with E-state index in [1.165, 1.54) is 0 Å². The quantitative estimate of drug-likeness (QED) is 0.555. The van der Waals surface area contributed by atoms with Crippen molar-refractivity contribution in [2.45, 2.75) is 0 Å². The smallest absolute Gasteiger partial charge is 0.343 e. The van der Waals surface area contributed by atoms with E-state index in [9.17, 15) is 9.59 Å². The van der Waals surface area contributed by atoms with Gasteiger partial charge in [0.2, 0.25) is 0 Å². The molecule has 0 aliphatic rings. The van der Waals surface area contributed by atoms with Crippen LogP contribution in [-0.4, -0.2) is 26.3 Å². The van der Waals surface area contributed by atoms with E-state index in [0.29, 0.717) is 5.56 Å². The second kappa shape index (κ2) is 2.91. The number of carbonyl (C=O) groups is 1. The number of carboxylic acids is 1. The van der Waals surface area contributed by atoms with Crippen LogP contribution in [0.15, 0.2) is 23.3 Å². The molecule has 2 aromatic heterocycles. The molecule has 0 amide bonds.